The molecule has 1 aromatic rings. The highest BCUT2D eigenvalue weighted by atomic mass is 16.5. The molecule has 2 aliphatic carbocycles. The van der Waals surface area contributed by atoms with Crippen LogP contribution in [0.1, 0.15) is 89.0 Å². The highest BCUT2D eigenvalue weighted by molar-refractivity contribution is 6.46. The molecule has 13 heteroatoms. The van der Waals surface area contributed by atoms with Crippen molar-refractivity contribution in [1.29, 1.82) is 0 Å². The summed E-state index contributed by atoms with van der Waals surface area (Å²) in [4.78, 5) is 64.8. The first-order valence-corrected chi connectivity index (χ1v) is 15.8. The predicted octanol–water partition coefficient (Wildman–Crippen LogP) is 1.24. The van der Waals surface area contributed by atoms with Gasteiger partial charge >= 0.3 is 7.12 Å². The van der Waals surface area contributed by atoms with Gasteiger partial charge in [0.2, 0.25) is 17.7 Å². The fourth-order valence-corrected chi connectivity index (χ4v) is 7.40. The average Bonchev–Trinajstić information content (AvgIpc) is 3.70. The Kier molecular flexibility index (Phi) is 9.70. The van der Waals surface area contributed by atoms with E-state index in [9.17, 15) is 24.2 Å². The normalized spacial score (nSPS) is 27.3. The summed E-state index contributed by atoms with van der Waals surface area (Å²) in [6, 6.07) is -2.44. The van der Waals surface area contributed by atoms with Gasteiger partial charge in [-0.25, -0.2) is 4.98 Å². The van der Waals surface area contributed by atoms with Gasteiger partial charge in [-0.1, -0.05) is 46.5 Å². The number of carbonyl (C=O) groups is 4. The van der Waals surface area contributed by atoms with Crippen LogP contribution in [0.15, 0.2) is 18.6 Å². The minimum atomic E-state index is -1.07. The molecule has 0 spiro atoms. The van der Waals surface area contributed by atoms with Gasteiger partial charge in [-0.05, 0) is 55.3 Å². The predicted molar refractivity (Wildman–Crippen MR) is 158 cm³/mol. The minimum Gasteiger partial charge on any atom is -0.426 e. The number of nitrogens with zero attached hydrogens (tertiary/aromatic N) is 3. The number of nitrogens with one attached hydrogen (secondary N) is 3. The zero-order valence-electron chi connectivity index (χ0n) is 25.5. The molecule has 234 valence electrons. The van der Waals surface area contributed by atoms with E-state index in [1.807, 2.05) is 20.8 Å². The van der Waals surface area contributed by atoms with Crippen molar-refractivity contribution < 1.29 is 28.9 Å². The van der Waals surface area contributed by atoms with Gasteiger partial charge in [-0.15, -0.1) is 0 Å². The van der Waals surface area contributed by atoms with Gasteiger partial charge in [0.1, 0.15) is 23.8 Å². The van der Waals surface area contributed by atoms with Gasteiger partial charge in [-0.2, -0.15) is 0 Å². The molecule has 0 radical (unpaired) electrons. The molecule has 5 rings (SSSR count). The number of hydrogen-bond acceptors (Lipinski definition) is 8. The Labute approximate surface area is 253 Å². The lowest BCUT2D eigenvalue weighted by Crippen LogP contribution is -2.62. The second-order valence-corrected chi connectivity index (χ2v) is 13.7. The smallest absolute Gasteiger partial charge is 0.426 e. The summed E-state index contributed by atoms with van der Waals surface area (Å²) >= 11 is 0. The van der Waals surface area contributed by atoms with Gasteiger partial charge in [-0.3, -0.25) is 24.2 Å². The average molecular weight is 597 g/mol. The third-order valence-electron chi connectivity index (χ3n) is 9.72. The van der Waals surface area contributed by atoms with Crippen molar-refractivity contribution >= 4 is 30.7 Å². The van der Waals surface area contributed by atoms with Gasteiger partial charge in [0.15, 0.2) is 0 Å². The van der Waals surface area contributed by atoms with Crippen LogP contribution in [0.2, 0.25) is 0 Å². The third kappa shape index (κ3) is 7.03. The molecule has 4 amide bonds. The fourth-order valence-electron chi connectivity index (χ4n) is 7.40. The van der Waals surface area contributed by atoms with Crippen molar-refractivity contribution in [1.82, 2.24) is 30.8 Å². The molecule has 4 N–H and O–H groups in total. The molecular weight excluding hydrogens is 551 g/mol. The molecule has 12 nitrogen and oxygen atoms in total. The van der Waals surface area contributed by atoms with Crippen molar-refractivity contribution in [2.24, 2.45) is 23.2 Å². The van der Waals surface area contributed by atoms with Crippen LogP contribution in [0.3, 0.4) is 0 Å². The standard InChI is InChI=1S/C30H45BN6O6/c1-30(2,3)25(36-27(39)23(18-8-5-4-6-9-18)35-26(38)21-16-32-13-14-33-21)29(41)37-17-19-10-7-11-20(19)24(37)28(40)34-22-12-15-43-31(22)42/h13-14,16,18-20,22-25,42H,4-12,15,17H2,1-3H3,(H,34,40)(H,35,38)(H,36,39)/t19-,20-,22-,23-,24-,25+/m0/s1. The van der Waals surface area contributed by atoms with Gasteiger partial charge in [0.25, 0.3) is 5.91 Å². The number of likely N-dealkylation sites (tertiary alicyclic amines) is 1. The van der Waals surface area contributed by atoms with E-state index in [1.54, 1.807) is 4.90 Å². The van der Waals surface area contributed by atoms with E-state index >= 15 is 0 Å². The van der Waals surface area contributed by atoms with Crippen LogP contribution in [0.25, 0.3) is 0 Å². The zero-order valence-corrected chi connectivity index (χ0v) is 25.5. The maximum absolute atomic E-state index is 14.4. The lowest BCUT2D eigenvalue weighted by molar-refractivity contribution is -0.145. The summed E-state index contributed by atoms with van der Waals surface area (Å²) in [5, 5.41) is 19.0. The second kappa shape index (κ2) is 13.3. The van der Waals surface area contributed by atoms with Crippen LogP contribution >= 0.6 is 0 Å². The Balaban J connectivity index is 1.36. The topological polar surface area (TPSA) is 163 Å². The fraction of sp³-hybridized carbons (Fsp3) is 0.733. The molecule has 0 bridgehead atoms. The van der Waals surface area contributed by atoms with E-state index < -0.39 is 48.4 Å². The lowest BCUT2D eigenvalue weighted by Gasteiger charge is -2.38. The van der Waals surface area contributed by atoms with Crippen LogP contribution < -0.4 is 16.0 Å². The highest BCUT2D eigenvalue weighted by Crippen LogP contribution is 2.43. The number of amides is 4. The van der Waals surface area contributed by atoms with Crippen molar-refractivity contribution in [3.05, 3.63) is 24.3 Å². The van der Waals surface area contributed by atoms with Crippen molar-refractivity contribution in [2.75, 3.05) is 13.2 Å². The van der Waals surface area contributed by atoms with E-state index in [1.165, 1.54) is 18.6 Å². The molecule has 1 aromatic heterocycles. The monoisotopic (exact) mass is 596 g/mol. The molecule has 3 heterocycles. The molecule has 0 aromatic carbocycles. The Bertz CT molecular complexity index is 1180. The van der Waals surface area contributed by atoms with Crippen LogP contribution in [-0.2, 0) is 19.0 Å². The van der Waals surface area contributed by atoms with Crippen LogP contribution in [0.4, 0.5) is 0 Å². The molecule has 2 saturated heterocycles. The summed E-state index contributed by atoms with van der Waals surface area (Å²) in [6.45, 7) is 6.48. The van der Waals surface area contributed by atoms with Gasteiger partial charge in [0.05, 0.1) is 12.1 Å². The Morgan fingerprint density at radius 2 is 1.79 bits per heavy atom. The third-order valence-corrected chi connectivity index (χ3v) is 9.72. The van der Waals surface area contributed by atoms with E-state index in [2.05, 4.69) is 25.9 Å². The molecule has 2 saturated carbocycles. The summed E-state index contributed by atoms with van der Waals surface area (Å²) in [7, 11) is -1.07. The minimum absolute atomic E-state index is 0.0287. The first-order valence-electron chi connectivity index (χ1n) is 15.8. The summed E-state index contributed by atoms with van der Waals surface area (Å²) in [6.07, 6.45) is 12.2. The van der Waals surface area contributed by atoms with E-state index in [0.717, 1.165) is 51.4 Å². The molecule has 4 aliphatic rings. The van der Waals surface area contributed by atoms with Crippen LogP contribution in [-0.4, -0.2) is 87.9 Å². The molecule has 6 atom stereocenters. The maximum Gasteiger partial charge on any atom is 0.478 e. The van der Waals surface area contributed by atoms with Gasteiger partial charge < -0.3 is 30.5 Å². The lowest BCUT2D eigenvalue weighted by atomic mass is 9.79. The first-order chi connectivity index (χ1) is 20.5. The molecule has 4 fully saturated rings. The number of carbonyl (C=O) groups excluding carboxylic acids is 4. The Morgan fingerprint density at radius 1 is 1.02 bits per heavy atom. The number of fused-ring (bicyclic) bond motifs is 1. The second-order valence-electron chi connectivity index (χ2n) is 13.7. The quantitative estimate of drug-likeness (QED) is 0.326. The molecule has 2 aliphatic heterocycles. The van der Waals surface area contributed by atoms with E-state index in [0.29, 0.717) is 19.6 Å². The SMILES string of the molecule is CC(C)(C)[C@H](NC(=O)[C@@H](NC(=O)c1cnccn1)C1CCCCC1)C(=O)N1C[C@@H]2CCC[C@@H]2[C@H]1C(=O)N[C@H]1CCOB1O. The molecular formula is C30H45BN6O6. The van der Waals surface area contributed by atoms with Crippen molar-refractivity contribution in [3.8, 4) is 0 Å². The van der Waals surface area contributed by atoms with Crippen molar-refractivity contribution in [2.45, 2.75) is 103 Å². The van der Waals surface area contributed by atoms with Crippen LogP contribution in [0, 0.1) is 23.2 Å². The summed E-state index contributed by atoms with van der Waals surface area (Å²) in [5.74, 6) is -1.84. The molecule has 0 unspecified atom stereocenters. The van der Waals surface area contributed by atoms with Crippen molar-refractivity contribution in [3.63, 3.8) is 0 Å². The Hall–Kier alpha value is -3.06. The summed E-state index contributed by atoms with van der Waals surface area (Å²) < 4.78 is 5.22. The number of aromatic nitrogens is 2. The van der Waals surface area contributed by atoms with Gasteiger partial charge in [0, 0.05) is 25.5 Å². The zero-order chi connectivity index (χ0) is 30.7. The van der Waals surface area contributed by atoms with E-state index in [4.69, 9.17) is 4.65 Å². The molecule has 43 heavy (non-hydrogen) atoms. The van der Waals surface area contributed by atoms with E-state index in [-0.39, 0.29) is 35.3 Å². The Morgan fingerprint density at radius 3 is 2.44 bits per heavy atom. The van der Waals surface area contributed by atoms with Crippen LogP contribution in [0.5, 0.6) is 0 Å². The largest absolute Gasteiger partial charge is 0.478 e. The number of hydrogen-bond donors (Lipinski definition) is 4. The first kappa shape index (κ1) is 31.4. The highest BCUT2D eigenvalue weighted by Gasteiger charge is 2.52. The maximum atomic E-state index is 14.4. The number of rotatable bonds is 8. The summed E-state index contributed by atoms with van der Waals surface area (Å²) in [5.41, 5.74) is -0.553.